The molecule has 0 unspecified atom stereocenters. The van der Waals surface area contributed by atoms with Crippen molar-refractivity contribution < 1.29 is 9.53 Å². The zero-order chi connectivity index (χ0) is 20.4. The number of fused-ring (bicyclic) bond motifs is 1. The molecule has 0 fully saturated rings. The van der Waals surface area contributed by atoms with E-state index in [1.165, 1.54) is 15.6 Å². The van der Waals surface area contributed by atoms with Crippen LogP contribution in [0, 0.1) is 6.92 Å². The van der Waals surface area contributed by atoms with Crippen molar-refractivity contribution in [3.63, 3.8) is 0 Å². The van der Waals surface area contributed by atoms with Crippen LogP contribution in [-0.4, -0.2) is 37.6 Å². The Hall–Kier alpha value is -4.01. The highest BCUT2D eigenvalue weighted by Gasteiger charge is 2.15. The molecule has 1 amide bonds. The Balaban J connectivity index is 1.60. The number of nitrogens with one attached hydrogen (secondary N) is 1. The van der Waals surface area contributed by atoms with E-state index in [1.807, 2.05) is 25.1 Å². The number of para-hydroxylation sites is 1. The number of anilines is 1. The molecule has 0 aliphatic carbocycles. The molecule has 2 aromatic carbocycles. The molecule has 0 aliphatic rings. The zero-order valence-corrected chi connectivity index (χ0v) is 15.9. The highest BCUT2D eigenvalue weighted by molar-refractivity contribution is 5.91. The van der Waals surface area contributed by atoms with Crippen molar-refractivity contribution in [3.8, 4) is 11.4 Å². The standard InChI is InChI=1S/C20H18N6O3/c1-13-5-3-4-6-16(13)22-17(27)11-25-12-21-19-18(20(25)28)23-24-26(19)14-7-9-15(29-2)10-8-14/h3-10,12H,11H2,1-2H3,(H,22,27). The van der Waals surface area contributed by atoms with E-state index in [9.17, 15) is 9.59 Å². The molecular weight excluding hydrogens is 372 g/mol. The highest BCUT2D eigenvalue weighted by Crippen LogP contribution is 2.17. The molecule has 146 valence electrons. The largest absolute Gasteiger partial charge is 0.497 e. The lowest BCUT2D eigenvalue weighted by Gasteiger charge is -2.09. The van der Waals surface area contributed by atoms with Gasteiger partial charge in [-0.3, -0.25) is 14.2 Å². The first-order chi connectivity index (χ1) is 14.1. The van der Waals surface area contributed by atoms with Crippen LogP contribution in [0.2, 0.25) is 0 Å². The van der Waals surface area contributed by atoms with Crippen LogP contribution < -0.4 is 15.6 Å². The number of benzene rings is 2. The number of ether oxygens (including phenoxy) is 1. The van der Waals surface area contributed by atoms with Gasteiger partial charge in [-0.2, -0.15) is 4.68 Å². The number of aryl methyl sites for hydroxylation is 1. The smallest absolute Gasteiger partial charge is 0.284 e. The number of carbonyl (C=O) groups excluding carboxylic acids is 1. The van der Waals surface area contributed by atoms with Crippen molar-refractivity contribution in [1.29, 1.82) is 0 Å². The van der Waals surface area contributed by atoms with Gasteiger partial charge in [-0.05, 0) is 42.8 Å². The number of methoxy groups -OCH3 is 1. The van der Waals surface area contributed by atoms with E-state index >= 15 is 0 Å². The lowest BCUT2D eigenvalue weighted by atomic mass is 10.2. The molecule has 0 spiro atoms. The first kappa shape index (κ1) is 18.4. The van der Waals surface area contributed by atoms with Gasteiger partial charge in [0, 0.05) is 5.69 Å². The van der Waals surface area contributed by atoms with E-state index in [0.717, 1.165) is 5.56 Å². The highest BCUT2D eigenvalue weighted by atomic mass is 16.5. The average molecular weight is 390 g/mol. The second kappa shape index (κ2) is 7.55. The maximum atomic E-state index is 12.7. The normalized spacial score (nSPS) is 10.8. The van der Waals surface area contributed by atoms with E-state index in [1.54, 1.807) is 37.4 Å². The minimum atomic E-state index is -0.435. The van der Waals surface area contributed by atoms with Crippen molar-refractivity contribution in [1.82, 2.24) is 24.5 Å². The number of hydrogen-bond donors (Lipinski definition) is 1. The van der Waals surface area contributed by atoms with Gasteiger partial charge in [-0.15, -0.1) is 5.10 Å². The Labute approximate surface area is 165 Å². The average Bonchev–Trinajstić information content (AvgIpc) is 3.17. The Morgan fingerprint density at radius 3 is 2.62 bits per heavy atom. The molecule has 4 rings (SSSR count). The molecule has 1 N–H and O–H groups in total. The summed E-state index contributed by atoms with van der Waals surface area (Å²) in [7, 11) is 1.58. The fourth-order valence-electron chi connectivity index (χ4n) is 2.91. The van der Waals surface area contributed by atoms with Gasteiger partial charge in [0.05, 0.1) is 12.8 Å². The summed E-state index contributed by atoms with van der Waals surface area (Å²) in [5.74, 6) is 0.373. The molecule has 2 aromatic heterocycles. The number of rotatable bonds is 5. The van der Waals surface area contributed by atoms with Gasteiger partial charge in [0.1, 0.15) is 18.6 Å². The van der Waals surface area contributed by atoms with Crippen molar-refractivity contribution in [2.75, 3.05) is 12.4 Å². The van der Waals surface area contributed by atoms with Gasteiger partial charge in [0.15, 0.2) is 11.2 Å². The van der Waals surface area contributed by atoms with Gasteiger partial charge in [0.2, 0.25) is 5.91 Å². The predicted molar refractivity (Wildman–Crippen MR) is 107 cm³/mol. The summed E-state index contributed by atoms with van der Waals surface area (Å²) in [6.07, 6.45) is 1.32. The quantitative estimate of drug-likeness (QED) is 0.558. The summed E-state index contributed by atoms with van der Waals surface area (Å²) in [5.41, 5.74) is 2.29. The Morgan fingerprint density at radius 2 is 1.90 bits per heavy atom. The Kier molecular flexibility index (Phi) is 4.78. The van der Waals surface area contributed by atoms with Gasteiger partial charge in [-0.1, -0.05) is 23.4 Å². The number of amides is 1. The topological polar surface area (TPSA) is 104 Å². The lowest BCUT2D eigenvalue weighted by Crippen LogP contribution is -2.28. The molecule has 2 heterocycles. The Morgan fingerprint density at radius 1 is 1.14 bits per heavy atom. The van der Waals surface area contributed by atoms with E-state index < -0.39 is 5.56 Å². The lowest BCUT2D eigenvalue weighted by molar-refractivity contribution is -0.116. The maximum absolute atomic E-state index is 12.7. The second-order valence-electron chi connectivity index (χ2n) is 6.41. The van der Waals surface area contributed by atoms with Crippen LogP contribution in [0.25, 0.3) is 16.9 Å². The third-order valence-electron chi connectivity index (χ3n) is 4.48. The molecule has 0 bridgehead atoms. The summed E-state index contributed by atoms with van der Waals surface area (Å²) >= 11 is 0. The molecule has 0 radical (unpaired) electrons. The van der Waals surface area contributed by atoms with Crippen LogP contribution in [0.1, 0.15) is 5.56 Å². The van der Waals surface area contributed by atoms with E-state index in [-0.39, 0.29) is 18.0 Å². The summed E-state index contributed by atoms with van der Waals surface area (Å²) < 4.78 is 7.82. The van der Waals surface area contributed by atoms with Gasteiger partial charge >= 0.3 is 0 Å². The second-order valence-corrected chi connectivity index (χ2v) is 6.41. The number of hydrogen-bond acceptors (Lipinski definition) is 6. The summed E-state index contributed by atoms with van der Waals surface area (Å²) in [4.78, 5) is 29.4. The first-order valence-electron chi connectivity index (χ1n) is 8.87. The van der Waals surface area contributed by atoms with Crippen LogP contribution >= 0.6 is 0 Å². The van der Waals surface area contributed by atoms with Crippen LogP contribution in [-0.2, 0) is 11.3 Å². The minimum absolute atomic E-state index is 0.0898. The van der Waals surface area contributed by atoms with Gasteiger partial charge < -0.3 is 10.1 Å². The van der Waals surface area contributed by atoms with Crippen molar-refractivity contribution in [3.05, 3.63) is 70.8 Å². The molecule has 0 saturated carbocycles. The molecule has 29 heavy (non-hydrogen) atoms. The fraction of sp³-hybridized carbons (Fsp3) is 0.150. The number of nitrogens with zero attached hydrogens (tertiary/aromatic N) is 5. The number of carbonyl (C=O) groups is 1. The molecule has 9 nitrogen and oxygen atoms in total. The summed E-state index contributed by atoms with van der Waals surface area (Å²) in [6.45, 7) is 1.72. The van der Waals surface area contributed by atoms with Crippen LogP contribution in [0.5, 0.6) is 5.75 Å². The van der Waals surface area contributed by atoms with Crippen LogP contribution in [0.3, 0.4) is 0 Å². The van der Waals surface area contributed by atoms with Gasteiger partial charge in [-0.25, -0.2) is 4.98 Å². The van der Waals surface area contributed by atoms with E-state index in [0.29, 0.717) is 22.8 Å². The first-order valence-corrected chi connectivity index (χ1v) is 8.87. The third kappa shape index (κ3) is 3.57. The van der Waals surface area contributed by atoms with Crippen LogP contribution in [0.15, 0.2) is 59.7 Å². The molecule has 0 atom stereocenters. The SMILES string of the molecule is COc1ccc(-n2nnc3c(=O)n(CC(=O)Nc4ccccc4C)cnc32)cc1. The maximum Gasteiger partial charge on any atom is 0.284 e. The van der Waals surface area contributed by atoms with Gasteiger partial charge in [0.25, 0.3) is 5.56 Å². The Bertz CT molecular complexity index is 1240. The molecule has 9 heteroatoms. The minimum Gasteiger partial charge on any atom is -0.497 e. The summed E-state index contributed by atoms with van der Waals surface area (Å²) in [6, 6.07) is 14.6. The van der Waals surface area contributed by atoms with Crippen molar-refractivity contribution >= 4 is 22.8 Å². The number of aromatic nitrogens is 5. The zero-order valence-electron chi connectivity index (χ0n) is 15.9. The third-order valence-corrected chi connectivity index (χ3v) is 4.48. The van der Waals surface area contributed by atoms with Crippen LogP contribution in [0.4, 0.5) is 5.69 Å². The predicted octanol–water partition coefficient (Wildman–Crippen LogP) is 1.93. The molecule has 0 aliphatic heterocycles. The van der Waals surface area contributed by atoms with E-state index in [4.69, 9.17) is 4.74 Å². The van der Waals surface area contributed by atoms with E-state index in [2.05, 4.69) is 20.6 Å². The molecule has 4 aromatic rings. The fourth-order valence-corrected chi connectivity index (χ4v) is 2.91. The van der Waals surface area contributed by atoms with Crippen molar-refractivity contribution in [2.24, 2.45) is 0 Å². The summed E-state index contributed by atoms with van der Waals surface area (Å²) in [5, 5.41) is 10.8. The molecule has 0 saturated heterocycles. The van der Waals surface area contributed by atoms with Crippen molar-refractivity contribution in [2.45, 2.75) is 13.5 Å². The molecular formula is C20H18N6O3. The monoisotopic (exact) mass is 390 g/mol.